The molecule has 0 spiro atoms. The number of methoxy groups -OCH3 is 1. The summed E-state index contributed by atoms with van der Waals surface area (Å²) in [4.78, 5) is 0. The normalized spacial score (nSPS) is 12.2. The van der Waals surface area contributed by atoms with Crippen molar-refractivity contribution in [3.8, 4) is 5.75 Å². The van der Waals surface area contributed by atoms with Gasteiger partial charge in [0.05, 0.1) is 13.7 Å². The van der Waals surface area contributed by atoms with Crippen molar-refractivity contribution in [2.45, 2.75) is 136 Å². The predicted molar refractivity (Wildman–Crippen MR) is 147 cm³/mol. The van der Waals surface area contributed by atoms with Gasteiger partial charge in [0.1, 0.15) is 5.75 Å². The summed E-state index contributed by atoms with van der Waals surface area (Å²) >= 11 is 0. The number of hydrogen-bond acceptors (Lipinski definition) is 3. The van der Waals surface area contributed by atoms with Crippen LogP contribution in [-0.2, 0) is 11.3 Å². The van der Waals surface area contributed by atoms with Gasteiger partial charge in [-0.3, -0.25) is 0 Å². The molecule has 0 aliphatic heterocycles. The first-order valence-electron chi connectivity index (χ1n) is 14.6. The second-order valence-corrected chi connectivity index (χ2v) is 10.2. The first-order valence-corrected chi connectivity index (χ1v) is 14.6. The Kier molecular flexibility index (Phi) is 21.6. The largest absolute Gasteiger partial charge is 0.497 e. The Bertz CT molecular complexity index is 528. The average Bonchev–Trinajstić information content (AvgIpc) is 2.87. The summed E-state index contributed by atoms with van der Waals surface area (Å²) in [6.45, 7) is 4.22. The van der Waals surface area contributed by atoms with E-state index in [9.17, 15) is 0 Å². The van der Waals surface area contributed by atoms with Gasteiger partial charge in [-0.05, 0) is 36.5 Å². The molecule has 0 aromatic heterocycles. The summed E-state index contributed by atoms with van der Waals surface area (Å²) < 4.78 is 11.3. The van der Waals surface area contributed by atoms with E-state index >= 15 is 0 Å². The molecule has 1 rings (SSSR count). The third-order valence-electron chi connectivity index (χ3n) is 7.08. The lowest BCUT2D eigenvalue weighted by Gasteiger charge is -2.17. The van der Waals surface area contributed by atoms with Crippen molar-refractivity contribution in [3.05, 3.63) is 29.8 Å². The van der Waals surface area contributed by atoms with Crippen LogP contribution in [0.1, 0.15) is 134 Å². The van der Waals surface area contributed by atoms with E-state index in [2.05, 4.69) is 19.1 Å². The van der Waals surface area contributed by atoms with Gasteiger partial charge in [0.25, 0.3) is 0 Å². The van der Waals surface area contributed by atoms with Crippen LogP contribution in [0.3, 0.4) is 0 Å². The minimum absolute atomic E-state index is 0.354. The zero-order valence-corrected chi connectivity index (χ0v) is 22.7. The highest BCUT2D eigenvalue weighted by Crippen LogP contribution is 2.23. The fourth-order valence-corrected chi connectivity index (χ4v) is 4.77. The Morgan fingerprint density at radius 2 is 1.15 bits per heavy atom. The van der Waals surface area contributed by atoms with E-state index in [0.717, 1.165) is 24.7 Å². The molecule has 1 atom stereocenters. The van der Waals surface area contributed by atoms with Crippen LogP contribution < -0.4 is 4.74 Å². The molecule has 1 aromatic carbocycles. The van der Waals surface area contributed by atoms with Gasteiger partial charge in [-0.2, -0.15) is 0 Å². The van der Waals surface area contributed by atoms with E-state index < -0.39 is 0 Å². The van der Waals surface area contributed by atoms with Crippen molar-refractivity contribution in [1.29, 1.82) is 0 Å². The minimum atomic E-state index is 0.354. The zero-order chi connectivity index (χ0) is 24.5. The van der Waals surface area contributed by atoms with Crippen molar-refractivity contribution in [3.63, 3.8) is 0 Å². The molecule has 1 N–H and O–H groups in total. The molecule has 3 nitrogen and oxygen atoms in total. The van der Waals surface area contributed by atoms with Crippen LogP contribution in [0.15, 0.2) is 24.3 Å². The molecule has 0 bridgehead atoms. The number of ether oxygens (including phenoxy) is 2. The first kappa shape index (κ1) is 31.0. The lowest BCUT2D eigenvalue weighted by Crippen LogP contribution is -2.06. The third-order valence-corrected chi connectivity index (χ3v) is 7.08. The predicted octanol–water partition coefficient (Wildman–Crippen LogP) is 9.25. The van der Waals surface area contributed by atoms with E-state index in [1.165, 1.54) is 121 Å². The topological polar surface area (TPSA) is 38.7 Å². The summed E-state index contributed by atoms with van der Waals surface area (Å²) in [7, 11) is 1.71. The van der Waals surface area contributed by atoms with Gasteiger partial charge in [0.2, 0.25) is 0 Å². The van der Waals surface area contributed by atoms with E-state index in [1.807, 2.05) is 12.1 Å². The molecule has 0 fully saturated rings. The fraction of sp³-hybridized carbons (Fsp3) is 0.806. The lowest BCUT2D eigenvalue weighted by atomic mass is 9.91. The fourth-order valence-electron chi connectivity index (χ4n) is 4.77. The van der Waals surface area contributed by atoms with Crippen LogP contribution in [0.4, 0.5) is 0 Å². The maximum atomic E-state index is 8.85. The Labute approximate surface area is 212 Å². The second kappa shape index (κ2) is 23.7. The van der Waals surface area contributed by atoms with Gasteiger partial charge in [-0.15, -0.1) is 0 Å². The quantitative estimate of drug-likeness (QED) is 0.143. The molecule has 0 saturated heterocycles. The van der Waals surface area contributed by atoms with Gasteiger partial charge < -0.3 is 14.6 Å². The van der Waals surface area contributed by atoms with Crippen molar-refractivity contribution in [2.75, 3.05) is 20.3 Å². The molecule has 0 amide bonds. The highest BCUT2D eigenvalue weighted by Gasteiger charge is 2.09. The Hall–Kier alpha value is -1.06. The molecule has 34 heavy (non-hydrogen) atoms. The third kappa shape index (κ3) is 18.3. The van der Waals surface area contributed by atoms with E-state index in [0.29, 0.717) is 13.2 Å². The Morgan fingerprint density at radius 1 is 0.647 bits per heavy atom. The summed E-state index contributed by atoms with van der Waals surface area (Å²) in [6, 6.07) is 8.22. The van der Waals surface area contributed by atoms with Crippen LogP contribution in [0.2, 0.25) is 0 Å². The van der Waals surface area contributed by atoms with Crippen LogP contribution in [0.25, 0.3) is 0 Å². The molecule has 0 heterocycles. The van der Waals surface area contributed by atoms with Gasteiger partial charge in [0, 0.05) is 13.2 Å². The maximum Gasteiger partial charge on any atom is 0.118 e. The average molecular weight is 477 g/mol. The molecule has 1 unspecified atom stereocenters. The summed E-state index contributed by atoms with van der Waals surface area (Å²) in [5, 5.41) is 8.85. The van der Waals surface area contributed by atoms with Crippen molar-refractivity contribution in [1.82, 2.24) is 0 Å². The van der Waals surface area contributed by atoms with Gasteiger partial charge in [-0.1, -0.05) is 128 Å². The second-order valence-electron chi connectivity index (χ2n) is 10.2. The summed E-state index contributed by atoms with van der Waals surface area (Å²) in [6.07, 6.45) is 25.4. The number of benzene rings is 1. The number of hydrogen-bond donors (Lipinski definition) is 1. The lowest BCUT2D eigenvalue weighted by molar-refractivity contribution is 0.104. The number of aliphatic hydroxyl groups excluding tert-OH is 1. The molecule has 0 aliphatic carbocycles. The molecule has 3 heteroatoms. The zero-order valence-electron chi connectivity index (χ0n) is 22.7. The van der Waals surface area contributed by atoms with Gasteiger partial charge in [0.15, 0.2) is 0 Å². The molecular weight excluding hydrogens is 420 g/mol. The van der Waals surface area contributed by atoms with Crippen LogP contribution in [0, 0.1) is 5.92 Å². The first-order chi connectivity index (χ1) is 16.8. The summed E-state index contributed by atoms with van der Waals surface area (Å²) in [5.74, 6) is 1.73. The highest BCUT2D eigenvalue weighted by molar-refractivity contribution is 5.26. The minimum Gasteiger partial charge on any atom is -0.497 e. The number of aliphatic hydroxyl groups is 1. The molecule has 198 valence electrons. The van der Waals surface area contributed by atoms with E-state index in [4.69, 9.17) is 14.6 Å². The van der Waals surface area contributed by atoms with Crippen LogP contribution >= 0.6 is 0 Å². The SMILES string of the molecule is CCCCCCCCCC(CCCCCCCCCCCO)CCOCc1ccc(OC)cc1. The van der Waals surface area contributed by atoms with Crippen LogP contribution in [-0.4, -0.2) is 25.4 Å². The Morgan fingerprint density at radius 3 is 1.65 bits per heavy atom. The van der Waals surface area contributed by atoms with Gasteiger partial charge >= 0.3 is 0 Å². The van der Waals surface area contributed by atoms with Crippen molar-refractivity contribution >= 4 is 0 Å². The molecular formula is C31H56O3. The standard InChI is InChI=1S/C31H56O3/c1-3-4-5-6-10-13-16-19-29(20-17-14-11-8-7-9-12-15-18-26-32)25-27-34-28-30-21-23-31(33-2)24-22-30/h21-24,29,32H,3-20,25-28H2,1-2H3. The van der Waals surface area contributed by atoms with Crippen LogP contribution in [0.5, 0.6) is 5.75 Å². The molecule has 1 aromatic rings. The van der Waals surface area contributed by atoms with E-state index in [1.54, 1.807) is 7.11 Å². The molecule has 0 radical (unpaired) electrons. The number of rotatable bonds is 25. The number of unbranched alkanes of at least 4 members (excludes halogenated alkanes) is 14. The smallest absolute Gasteiger partial charge is 0.118 e. The van der Waals surface area contributed by atoms with Crippen molar-refractivity contribution < 1.29 is 14.6 Å². The summed E-state index contributed by atoms with van der Waals surface area (Å²) in [5.41, 5.74) is 1.22. The highest BCUT2D eigenvalue weighted by atomic mass is 16.5. The van der Waals surface area contributed by atoms with E-state index in [-0.39, 0.29) is 0 Å². The van der Waals surface area contributed by atoms with Crippen molar-refractivity contribution in [2.24, 2.45) is 5.92 Å². The van der Waals surface area contributed by atoms with Gasteiger partial charge in [-0.25, -0.2) is 0 Å². The molecule has 0 saturated carbocycles. The Balaban J connectivity index is 2.19. The monoisotopic (exact) mass is 476 g/mol. The maximum absolute atomic E-state index is 8.85. The molecule has 0 aliphatic rings.